The van der Waals surface area contributed by atoms with E-state index in [1.165, 1.54) is 40.9 Å². The molecule has 2 aliphatic rings. The number of amides is 1. The van der Waals surface area contributed by atoms with Crippen LogP contribution in [0.4, 0.5) is 4.39 Å². The molecule has 1 fully saturated rings. The molecule has 1 saturated heterocycles. The molecule has 0 aliphatic carbocycles. The first-order valence-corrected chi connectivity index (χ1v) is 7.58. The first-order chi connectivity index (χ1) is 10.5. The number of fused-ring (bicyclic) bond motifs is 1. The summed E-state index contributed by atoms with van der Waals surface area (Å²) in [7, 11) is 0. The lowest BCUT2D eigenvalue weighted by Crippen LogP contribution is -2.68. The van der Waals surface area contributed by atoms with Crippen LogP contribution in [0, 0.1) is 5.82 Å². The minimum Gasteiger partial charge on any atom is -0.489 e. The summed E-state index contributed by atoms with van der Waals surface area (Å²) in [6.07, 6.45) is 0. The van der Waals surface area contributed by atoms with E-state index in [0.29, 0.717) is 17.1 Å². The fraction of sp³-hybridized carbons (Fsp3) is 0.286. The van der Waals surface area contributed by atoms with Gasteiger partial charge in [-0.2, -0.15) is 0 Å². The number of hydrogen-bond donors (Lipinski definition) is 2. The Bertz CT molecular complexity index is 661. The summed E-state index contributed by atoms with van der Waals surface area (Å²) >= 11 is 1.41. The van der Waals surface area contributed by atoms with Gasteiger partial charge >= 0.3 is 5.97 Å². The first-order valence-electron chi connectivity index (χ1n) is 6.53. The molecule has 8 heteroatoms. The highest BCUT2D eigenvalue weighted by molar-refractivity contribution is 8.00. The molecule has 2 aliphatic heterocycles. The van der Waals surface area contributed by atoms with Gasteiger partial charge in [-0.25, -0.2) is 9.18 Å². The zero-order valence-electron chi connectivity index (χ0n) is 11.4. The van der Waals surface area contributed by atoms with Gasteiger partial charge < -0.3 is 15.6 Å². The third kappa shape index (κ3) is 2.44. The highest BCUT2D eigenvalue weighted by Gasteiger charge is 2.51. The number of β-lactam (4-membered cyclic amide) rings is 1. The minimum absolute atomic E-state index is 0.0198. The molecular weight excluding hydrogens is 311 g/mol. The topological polar surface area (TPSA) is 92.9 Å². The predicted octanol–water partition coefficient (Wildman–Crippen LogP) is 0.786. The normalized spacial score (nSPS) is 23.9. The summed E-state index contributed by atoms with van der Waals surface area (Å²) in [6.45, 7) is 0.0198. The quantitative estimate of drug-likeness (QED) is 0.795. The standard InChI is InChI=1S/C14H13FN2O4S/c15-8-1-3-9(4-2-8)21-5-7-6-22-13-10(16)12(18)17(13)11(7)14(19)20/h1-4,10,13H,5-6,16H2,(H,19,20)/t10?,13-/m0/s1. The molecule has 0 spiro atoms. The predicted molar refractivity (Wildman–Crippen MR) is 77.6 cm³/mol. The summed E-state index contributed by atoms with van der Waals surface area (Å²) in [4.78, 5) is 24.4. The maximum absolute atomic E-state index is 12.8. The van der Waals surface area contributed by atoms with Crippen LogP contribution < -0.4 is 10.5 Å². The van der Waals surface area contributed by atoms with Crippen LogP contribution in [-0.2, 0) is 9.59 Å². The van der Waals surface area contributed by atoms with E-state index in [9.17, 15) is 19.1 Å². The van der Waals surface area contributed by atoms with Crippen molar-refractivity contribution in [2.45, 2.75) is 11.4 Å². The number of carboxylic acid groups (broad SMARTS) is 1. The second kappa shape index (κ2) is 5.62. The third-order valence-corrected chi connectivity index (χ3v) is 4.88. The van der Waals surface area contributed by atoms with Crippen molar-refractivity contribution in [3.05, 3.63) is 41.4 Å². The molecule has 22 heavy (non-hydrogen) atoms. The van der Waals surface area contributed by atoms with Gasteiger partial charge in [0.1, 0.15) is 35.3 Å². The number of carboxylic acids is 1. The average molecular weight is 324 g/mol. The van der Waals surface area contributed by atoms with Crippen molar-refractivity contribution >= 4 is 23.6 Å². The molecule has 1 amide bonds. The fourth-order valence-corrected chi connectivity index (χ4v) is 3.67. The number of thioether (sulfide) groups is 1. The van der Waals surface area contributed by atoms with Crippen LogP contribution in [-0.4, -0.2) is 45.7 Å². The number of ether oxygens (including phenoxy) is 1. The first kappa shape index (κ1) is 14.9. The zero-order valence-corrected chi connectivity index (χ0v) is 12.2. The lowest BCUT2D eigenvalue weighted by atomic mass is 10.0. The van der Waals surface area contributed by atoms with Gasteiger partial charge in [0, 0.05) is 11.3 Å². The maximum Gasteiger partial charge on any atom is 0.352 e. The van der Waals surface area contributed by atoms with Crippen LogP contribution in [0.25, 0.3) is 0 Å². The number of aliphatic carboxylic acids is 1. The summed E-state index contributed by atoms with van der Waals surface area (Å²) in [5, 5.41) is 9.04. The Hall–Kier alpha value is -2.06. The number of carbonyl (C=O) groups is 2. The molecule has 6 nitrogen and oxygen atoms in total. The average Bonchev–Trinajstić information content (AvgIpc) is 2.52. The lowest BCUT2D eigenvalue weighted by Gasteiger charge is -2.47. The minimum atomic E-state index is -1.18. The van der Waals surface area contributed by atoms with E-state index in [1.807, 2.05) is 0 Å². The maximum atomic E-state index is 12.8. The van der Waals surface area contributed by atoms with Crippen molar-refractivity contribution in [1.82, 2.24) is 4.90 Å². The molecule has 2 atom stereocenters. The highest BCUT2D eigenvalue weighted by Crippen LogP contribution is 2.39. The van der Waals surface area contributed by atoms with Crippen molar-refractivity contribution < 1.29 is 23.8 Å². The third-order valence-electron chi connectivity index (χ3n) is 3.52. The highest BCUT2D eigenvalue weighted by atomic mass is 32.2. The van der Waals surface area contributed by atoms with Gasteiger partial charge in [0.05, 0.1) is 0 Å². The van der Waals surface area contributed by atoms with E-state index < -0.39 is 17.9 Å². The lowest BCUT2D eigenvalue weighted by molar-refractivity contribution is -0.148. The van der Waals surface area contributed by atoms with E-state index >= 15 is 0 Å². The molecule has 116 valence electrons. The van der Waals surface area contributed by atoms with Gasteiger partial charge in [0.25, 0.3) is 0 Å². The van der Waals surface area contributed by atoms with Crippen molar-refractivity contribution in [2.24, 2.45) is 5.73 Å². The SMILES string of the molecule is NC1C(=O)N2C(C(=O)O)=C(COc3ccc(F)cc3)CS[C@@H]12. The monoisotopic (exact) mass is 324 g/mol. The Morgan fingerprint density at radius 1 is 1.45 bits per heavy atom. The van der Waals surface area contributed by atoms with Gasteiger partial charge in [-0.15, -0.1) is 11.8 Å². The molecule has 0 saturated carbocycles. The van der Waals surface area contributed by atoms with Crippen LogP contribution >= 0.6 is 11.8 Å². The summed E-state index contributed by atoms with van der Waals surface area (Å²) in [5.74, 6) is -1.10. The van der Waals surface area contributed by atoms with E-state index in [2.05, 4.69) is 0 Å². The Labute approximate surface area is 129 Å². The van der Waals surface area contributed by atoms with Gasteiger partial charge in [-0.3, -0.25) is 9.69 Å². The van der Waals surface area contributed by atoms with E-state index in [4.69, 9.17) is 10.5 Å². The number of rotatable bonds is 4. The Morgan fingerprint density at radius 2 is 2.14 bits per heavy atom. The van der Waals surface area contributed by atoms with Gasteiger partial charge in [0.2, 0.25) is 5.91 Å². The molecule has 3 rings (SSSR count). The Morgan fingerprint density at radius 3 is 2.77 bits per heavy atom. The van der Waals surface area contributed by atoms with Crippen LogP contribution in [0.3, 0.4) is 0 Å². The second-order valence-corrected chi connectivity index (χ2v) is 6.04. The van der Waals surface area contributed by atoms with Crippen molar-refractivity contribution in [3.8, 4) is 5.75 Å². The molecule has 2 heterocycles. The van der Waals surface area contributed by atoms with Crippen LogP contribution in [0.5, 0.6) is 5.75 Å². The second-order valence-electron chi connectivity index (χ2n) is 4.94. The Kier molecular flexibility index (Phi) is 3.79. The summed E-state index contributed by atoms with van der Waals surface area (Å²) in [6, 6.07) is 4.77. The molecule has 1 aromatic rings. The van der Waals surface area contributed by atoms with Crippen LogP contribution in [0.2, 0.25) is 0 Å². The number of halogens is 1. The summed E-state index contributed by atoms with van der Waals surface area (Å²) in [5.41, 5.74) is 6.11. The van der Waals surface area contributed by atoms with Crippen LogP contribution in [0.15, 0.2) is 35.5 Å². The summed E-state index contributed by atoms with van der Waals surface area (Å²) < 4.78 is 18.3. The van der Waals surface area contributed by atoms with Crippen LogP contribution in [0.1, 0.15) is 0 Å². The van der Waals surface area contributed by atoms with Gasteiger partial charge in [-0.05, 0) is 24.3 Å². The largest absolute Gasteiger partial charge is 0.489 e. The number of nitrogens with zero attached hydrogens (tertiary/aromatic N) is 1. The number of nitrogens with two attached hydrogens (primary N) is 1. The van der Waals surface area contributed by atoms with Crippen molar-refractivity contribution in [1.29, 1.82) is 0 Å². The van der Waals surface area contributed by atoms with Gasteiger partial charge in [-0.1, -0.05) is 0 Å². The number of hydrogen-bond acceptors (Lipinski definition) is 5. The molecular formula is C14H13FN2O4S. The molecule has 1 unspecified atom stereocenters. The van der Waals surface area contributed by atoms with Crippen molar-refractivity contribution in [3.63, 3.8) is 0 Å². The smallest absolute Gasteiger partial charge is 0.352 e. The number of carbonyl (C=O) groups excluding carboxylic acids is 1. The molecule has 0 bridgehead atoms. The molecule has 0 radical (unpaired) electrons. The fourth-order valence-electron chi connectivity index (χ4n) is 2.39. The molecule has 1 aromatic carbocycles. The number of benzene rings is 1. The molecule has 0 aromatic heterocycles. The molecule has 3 N–H and O–H groups in total. The Balaban J connectivity index is 1.79. The van der Waals surface area contributed by atoms with Crippen molar-refractivity contribution in [2.75, 3.05) is 12.4 Å². The van der Waals surface area contributed by atoms with E-state index in [1.54, 1.807) is 0 Å². The van der Waals surface area contributed by atoms with E-state index in [0.717, 1.165) is 0 Å². The zero-order chi connectivity index (χ0) is 15.9. The van der Waals surface area contributed by atoms with E-state index in [-0.39, 0.29) is 23.5 Å². The van der Waals surface area contributed by atoms with Gasteiger partial charge in [0.15, 0.2) is 0 Å².